The van der Waals surface area contributed by atoms with Gasteiger partial charge in [-0.05, 0) is 60.8 Å². The molecule has 316 valence electrons. The fourth-order valence-electron chi connectivity index (χ4n) is 4.00. The zero-order valence-corrected chi connectivity index (χ0v) is 34.4. The summed E-state index contributed by atoms with van der Waals surface area (Å²) in [4.78, 5) is 38.1. The summed E-state index contributed by atoms with van der Waals surface area (Å²) in [6.45, 7) is 7.56. The molecule has 0 heterocycles. The van der Waals surface area contributed by atoms with Crippen molar-refractivity contribution in [2.45, 2.75) is 72.0 Å². The molecule has 1 rings (SSSR count). The van der Waals surface area contributed by atoms with Gasteiger partial charge >= 0.3 is 18.2 Å². The number of methoxy groups -OCH3 is 1. The van der Waals surface area contributed by atoms with Gasteiger partial charge in [0, 0.05) is 0 Å². The molecule has 0 saturated carbocycles. The second-order valence-electron chi connectivity index (χ2n) is 13.4. The van der Waals surface area contributed by atoms with Crippen molar-refractivity contribution in [1.29, 1.82) is 0 Å². The summed E-state index contributed by atoms with van der Waals surface area (Å²) < 4.78 is 129. The lowest BCUT2D eigenvalue weighted by atomic mass is 9.99. The summed E-state index contributed by atoms with van der Waals surface area (Å²) in [5.74, 6) is 5.89. The molecule has 23 heteroatoms. The Bertz CT molecular complexity index is 1900. The summed E-state index contributed by atoms with van der Waals surface area (Å²) in [7, 11) is -12.4. The van der Waals surface area contributed by atoms with Crippen LogP contribution in [0.15, 0.2) is 0 Å². The molecular weight excluding hydrogens is 809 g/mol. The molecule has 1 aromatic rings. The van der Waals surface area contributed by atoms with Gasteiger partial charge < -0.3 is 39.1 Å². The van der Waals surface area contributed by atoms with Crippen molar-refractivity contribution in [1.82, 2.24) is 10.6 Å². The molecule has 0 bridgehead atoms. The van der Waals surface area contributed by atoms with Crippen LogP contribution in [0, 0.1) is 23.7 Å². The van der Waals surface area contributed by atoms with Gasteiger partial charge in [0.05, 0.1) is 57.3 Å². The van der Waals surface area contributed by atoms with Crippen molar-refractivity contribution >= 4 is 48.5 Å². The minimum absolute atomic E-state index is 0.301. The molecule has 0 aromatic heterocycles. The lowest BCUT2D eigenvalue weighted by Gasteiger charge is -2.22. The normalized spacial score (nSPS) is 11.8. The molecule has 0 aliphatic rings. The van der Waals surface area contributed by atoms with Crippen LogP contribution in [0.1, 0.15) is 82.3 Å². The van der Waals surface area contributed by atoms with Gasteiger partial charge in [0.2, 0.25) is 0 Å². The predicted octanol–water partition coefficient (Wildman–Crippen LogP) is 2.20. The Balaban J connectivity index is 4.20. The van der Waals surface area contributed by atoms with E-state index >= 15 is 0 Å². The number of benzene rings is 1. The minimum Gasteiger partial charge on any atom is -0.491 e. The van der Waals surface area contributed by atoms with Gasteiger partial charge in [-0.2, -0.15) is 25.3 Å². The number of nitrogens with one attached hydrogen (secondary N) is 2. The average Bonchev–Trinajstić information content (AvgIpc) is 3.01. The summed E-state index contributed by atoms with van der Waals surface area (Å²) >= 11 is 0. The fourth-order valence-corrected chi connectivity index (χ4v) is 5.45. The van der Waals surface area contributed by atoms with Crippen molar-refractivity contribution in [3.05, 3.63) is 16.7 Å². The highest BCUT2D eigenvalue weighted by Gasteiger charge is 2.32. The minimum atomic E-state index is -4.46. The van der Waals surface area contributed by atoms with Crippen LogP contribution < -0.4 is 24.8 Å². The average molecular weight is 857 g/mol. The Morgan fingerprint density at radius 3 is 1.20 bits per heavy atom. The van der Waals surface area contributed by atoms with Crippen molar-refractivity contribution in [2.75, 3.05) is 57.3 Å². The first-order valence-corrected chi connectivity index (χ1v) is 21.4. The van der Waals surface area contributed by atoms with E-state index in [0.717, 1.165) is 7.11 Å². The van der Waals surface area contributed by atoms with Crippen LogP contribution in [0.2, 0.25) is 0 Å². The molecule has 2 amide bonds. The van der Waals surface area contributed by atoms with Gasteiger partial charge in [-0.1, -0.05) is 23.7 Å². The van der Waals surface area contributed by atoms with E-state index in [-0.39, 0.29) is 49.2 Å². The van der Waals surface area contributed by atoms with Gasteiger partial charge in [-0.25, -0.2) is 14.4 Å². The van der Waals surface area contributed by atoms with Crippen LogP contribution in [0.25, 0.3) is 0 Å². The number of ether oxygens (including phenoxy) is 6. The van der Waals surface area contributed by atoms with Crippen LogP contribution >= 0.6 is 0 Å². The van der Waals surface area contributed by atoms with Gasteiger partial charge in [0.25, 0.3) is 30.4 Å². The molecule has 0 fully saturated rings. The first kappa shape index (κ1) is 49.5. The van der Waals surface area contributed by atoms with Crippen LogP contribution in [0.5, 0.6) is 17.2 Å². The van der Waals surface area contributed by atoms with E-state index in [0.29, 0.717) is 0 Å². The van der Waals surface area contributed by atoms with Crippen LogP contribution in [0.4, 0.5) is 9.59 Å². The maximum absolute atomic E-state index is 13.5. The Kier molecular flexibility index (Phi) is 19.2. The highest BCUT2D eigenvalue weighted by atomic mass is 32.2. The molecule has 5 N–H and O–H groups in total. The maximum atomic E-state index is 13.5. The van der Waals surface area contributed by atoms with Gasteiger partial charge in [0.1, 0.15) is 27.9 Å². The highest BCUT2D eigenvalue weighted by molar-refractivity contribution is 7.86. The molecule has 56 heavy (non-hydrogen) atoms. The molecule has 0 saturated heterocycles. The van der Waals surface area contributed by atoms with E-state index in [1.165, 1.54) is 0 Å². The molecular formula is C33H48N2O18S3. The Morgan fingerprint density at radius 1 is 0.589 bits per heavy atom. The van der Waals surface area contributed by atoms with Crippen molar-refractivity contribution in [3.63, 3.8) is 0 Å². The third-order valence-electron chi connectivity index (χ3n) is 6.00. The molecule has 1 aromatic carbocycles. The zero-order valence-electron chi connectivity index (χ0n) is 32.0. The summed E-state index contributed by atoms with van der Waals surface area (Å²) in [5.41, 5.74) is -2.86. The van der Waals surface area contributed by atoms with Crippen molar-refractivity contribution in [2.24, 2.45) is 0 Å². The van der Waals surface area contributed by atoms with Gasteiger partial charge in [-0.15, -0.1) is 0 Å². The Hall–Kier alpha value is -4.52. The molecule has 0 aliphatic heterocycles. The Labute approximate surface area is 326 Å². The largest absolute Gasteiger partial charge is 0.491 e. The molecule has 0 radical (unpaired) electrons. The number of rotatable bonds is 18. The third-order valence-corrected chi connectivity index (χ3v) is 8.41. The van der Waals surface area contributed by atoms with E-state index in [9.17, 15) is 53.3 Å². The van der Waals surface area contributed by atoms with Crippen molar-refractivity contribution < 1.29 is 81.7 Å². The predicted molar refractivity (Wildman–Crippen MR) is 200 cm³/mol. The van der Waals surface area contributed by atoms with E-state index in [2.05, 4.69) is 34.3 Å². The van der Waals surface area contributed by atoms with Gasteiger partial charge in [0.15, 0.2) is 17.2 Å². The van der Waals surface area contributed by atoms with E-state index in [4.69, 9.17) is 28.4 Å². The fraction of sp³-hybridized carbons (Fsp3) is 0.606. The standard InChI is InChI=1S/C33H48N2O18S3/c1-32(2,3)52-30(37)34-15-8-13-23-26(49-17-10-20-54(39,40)41)24(14-9-16-35-31(38)53-33(4,5)6)28(51-19-12-22-56(45,46)47)25(29(36)48-7)27(23)50-18-11-21-55(42,43)44/h10-12,15-22H2,1-7H3,(H,34,37)(H,35,38)(H,39,40,41)(H,42,43,44)(H,45,46,47). The van der Waals surface area contributed by atoms with E-state index in [1.54, 1.807) is 41.5 Å². The zero-order chi connectivity index (χ0) is 43.0. The molecule has 0 atom stereocenters. The lowest BCUT2D eigenvalue weighted by Crippen LogP contribution is -2.32. The van der Waals surface area contributed by atoms with Crippen LogP contribution in [0.3, 0.4) is 0 Å². The number of carbonyl (C=O) groups is 3. The highest BCUT2D eigenvalue weighted by Crippen LogP contribution is 2.44. The maximum Gasteiger partial charge on any atom is 0.408 e. The summed E-state index contributed by atoms with van der Waals surface area (Å²) in [5, 5.41) is 4.81. The van der Waals surface area contributed by atoms with Gasteiger partial charge in [-0.3, -0.25) is 13.7 Å². The number of hydrogen-bond donors (Lipinski definition) is 5. The lowest BCUT2D eigenvalue weighted by molar-refractivity contribution is 0.0523. The first-order valence-electron chi connectivity index (χ1n) is 16.6. The first-order chi connectivity index (χ1) is 25.6. The topological polar surface area (TPSA) is 294 Å². The second-order valence-corrected chi connectivity index (χ2v) is 18.1. The molecule has 0 aliphatic carbocycles. The molecule has 0 spiro atoms. The van der Waals surface area contributed by atoms with Crippen LogP contribution in [-0.4, -0.2) is 126 Å². The smallest absolute Gasteiger partial charge is 0.408 e. The number of esters is 1. The number of alkyl carbamates (subject to hydrolysis) is 2. The van der Waals surface area contributed by atoms with Crippen LogP contribution in [-0.2, 0) is 44.6 Å². The third kappa shape index (κ3) is 21.5. The number of carbonyl (C=O) groups excluding carboxylic acids is 3. The van der Waals surface area contributed by atoms with E-state index < -0.39 is 114 Å². The molecule has 20 nitrogen and oxygen atoms in total. The summed E-state index contributed by atoms with van der Waals surface area (Å²) in [6.07, 6.45) is -2.67. The quantitative estimate of drug-likeness (QED) is 0.0465. The van der Waals surface area contributed by atoms with Crippen molar-refractivity contribution in [3.8, 4) is 40.9 Å². The Morgan fingerprint density at radius 2 is 0.911 bits per heavy atom. The van der Waals surface area contributed by atoms with E-state index in [1.807, 2.05) is 0 Å². The molecule has 0 unspecified atom stereocenters. The summed E-state index contributed by atoms with van der Waals surface area (Å²) in [6, 6.07) is 0. The second kappa shape index (κ2) is 21.7. The number of hydrogen-bond acceptors (Lipinski definition) is 15. The number of amides is 2. The SMILES string of the molecule is COC(=O)c1c(OCCCS(=O)(=O)O)c(C#CCNC(=O)OC(C)(C)C)c(OCCCS(=O)(=O)O)c(C#CCNC(=O)OC(C)(C)C)c1OCCCS(=O)(=O)O. The monoisotopic (exact) mass is 856 g/mol.